The maximum absolute atomic E-state index is 6.38. The smallest absolute Gasteiger partial charge is 0.184 e. The number of halogens is 2. The van der Waals surface area contributed by atoms with Crippen LogP contribution in [-0.4, -0.2) is 4.98 Å². The molecule has 2 aromatic carbocycles. The molecule has 0 N–H and O–H groups in total. The van der Waals surface area contributed by atoms with Crippen molar-refractivity contribution in [3.63, 3.8) is 0 Å². The van der Waals surface area contributed by atoms with Crippen LogP contribution >= 0.6 is 34.5 Å². The van der Waals surface area contributed by atoms with E-state index in [-0.39, 0.29) is 0 Å². The second-order valence-corrected chi connectivity index (χ2v) is 5.94. The molecule has 0 saturated carbocycles. The lowest BCUT2D eigenvalue weighted by Crippen LogP contribution is -1.72. The number of aromatic nitrogens is 1. The Labute approximate surface area is 116 Å². The molecular formula is C13H5Cl2NOS. The summed E-state index contributed by atoms with van der Waals surface area (Å²) in [5, 5.41) is 2.61. The van der Waals surface area contributed by atoms with Crippen LogP contribution in [0.2, 0.25) is 9.49 Å². The SMILES string of the molecule is Clc1nc2cc3c(oc4ccccc43)c(Cl)c2s1. The summed E-state index contributed by atoms with van der Waals surface area (Å²) in [4.78, 5) is 4.27. The molecule has 0 radical (unpaired) electrons. The maximum atomic E-state index is 6.38. The molecule has 0 saturated heterocycles. The molecule has 4 aromatic rings. The number of fused-ring (bicyclic) bond motifs is 4. The number of rotatable bonds is 0. The molecule has 0 aliphatic rings. The van der Waals surface area contributed by atoms with Crippen LogP contribution in [-0.2, 0) is 0 Å². The highest BCUT2D eigenvalue weighted by Gasteiger charge is 2.15. The summed E-state index contributed by atoms with van der Waals surface area (Å²) in [6.07, 6.45) is 0. The maximum Gasteiger partial charge on any atom is 0.184 e. The van der Waals surface area contributed by atoms with Gasteiger partial charge in [0.05, 0.1) is 10.2 Å². The molecule has 2 aromatic heterocycles. The first-order valence-corrected chi connectivity index (χ1v) is 6.87. The quantitative estimate of drug-likeness (QED) is 0.428. The molecule has 5 heteroatoms. The summed E-state index contributed by atoms with van der Waals surface area (Å²) in [5.74, 6) is 0. The Hall–Kier alpha value is -1.29. The van der Waals surface area contributed by atoms with Gasteiger partial charge in [-0.1, -0.05) is 41.4 Å². The fourth-order valence-electron chi connectivity index (χ4n) is 2.17. The normalized spacial score (nSPS) is 11.9. The minimum absolute atomic E-state index is 0.490. The first-order chi connectivity index (χ1) is 8.74. The molecular weight excluding hydrogens is 289 g/mol. The van der Waals surface area contributed by atoms with Crippen molar-refractivity contribution >= 4 is 66.7 Å². The van der Waals surface area contributed by atoms with Crippen molar-refractivity contribution in [2.24, 2.45) is 0 Å². The number of para-hydroxylation sites is 1. The summed E-state index contributed by atoms with van der Waals surface area (Å²) < 4.78 is 7.16. The third-order valence-electron chi connectivity index (χ3n) is 2.94. The molecule has 4 rings (SSSR count). The summed E-state index contributed by atoms with van der Waals surface area (Å²) in [6.45, 7) is 0. The Balaban J connectivity index is 2.31. The van der Waals surface area contributed by atoms with E-state index in [9.17, 15) is 0 Å². The Kier molecular flexibility index (Phi) is 2.13. The number of nitrogens with zero attached hydrogens (tertiary/aromatic N) is 1. The van der Waals surface area contributed by atoms with E-state index >= 15 is 0 Å². The molecule has 0 aliphatic carbocycles. The van der Waals surface area contributed by atoms with E-state index in [1.54, 1.807) is 0 Å². The van der Waals surface area contributed by atoms with E-state index in [1.807, 2.05) is 30.3 Å². The molecule has 0 aliphatic heterocycles. The summed E-state index contributed by atoms with van der Waals surface area (Å²) >= 11 is 13.7. The molecule has 0 unspecified atom stereocenters. The van der Waals surface area contributed by atoms with E-state index < -0.39 is 0 Å². The van der Waals surface area contributed by atoms with Crippen molar-refractivity contribution < 1.29 is 4.42 Å². The third kappa shape index (κ3) is 1.32. The van der Waals surface area contributed by atoms with Gasteiger partial charge < -0.3 is 4.42 Å². The Morgan fingerprint density at radius 2 is 1.94 bits per heavy atom. The van der Waals surface area contributed by atoms with Crippen LogP contribution in [0.1, 0.15) is 0 Å². The van der Waals surface area contributed by atoms with Crippen LogP contribution in [0.3, 0.4) is 0 Å². The number of hydrogen-bond acceptors (Lipinski definition) is 3. The predicted molar refractivity (Wildman–Crippen MR) is 76.9 cm³/mol. The zero-order valence-corrected chi connectivity index (χ0v) is 11.2. The van der Waals surface area contributed by atoms with Crippen LogP contribution in [0.15, 0.2) is 34.7 Å². The number of furan rings is 1. The van der Waals surface area contributed by atoms with Crippen molar-refractivity contribution in [3.8, 4) is 0 Å². The molecule has 0 amide bonds. The van der Waals surface area contributed by atoms with Crippen LogP contribution < -0.4 is 0 Å². The highest BCUT2D eigenvalue weighted by molar-refractivity contribution is 7.22. The first kappa shape index (κ1) is 10.6. The zero-order valence-electron chi connectivity index (χ0n) is 8.91. The number of thiazole rings is 1. The molecule has 2 heterocycles. The number of hydrogen-bond donors (Lipinski definition) is 0. The van der Waals surface area contributed by atoms with Crippen molar-refractivity contribution in [2.75, 3.05) is 0 Å². The lowest BCUT2D eigenvalue weighted by atomic mass is 10.1. The van der Waals surface area contributed by atoms with Crippen LogP contribution in [0.4, 0.5) is 0 Å². The van der Waals surface area contributed by atoms with Gasteiger partial charge in [-0.05, 0) is 12.1 Å². The van der Waals surface area contributed by atoms with Crippen LogP contribution in [0.5, 0.6) is 0 Å². The molecule has 88 valence electrons. The van der Waals surface area contributed by atoms with Crippen molar-refractivity contribution in [1.82, 2.24) is 4.98 Å². The molecule has 0 fully saturated rings. The van der Waals surface area contributed by atoms with Crippen LogP contribution in [0.25, 0.3) is 32.2 Å². The van der Waals surface area contributed by atoms with Crippen molar-refractivity contribution in [3.05, 3.63) is 39.8 Å². The van der Waals surface area contributed by atoms with Gasteiger partial charge in [0.2, 0.25) is 0 Å². The van der Waals surface area contributed by atoms with Gasteiger partial charge in [-0.2, -0.15) is 0 Å². The minimum Gasteiger partial charge on any atom is -0.454 e. The van der Waals surface area contributed by atoms with Gasteiger partial charge in [0.25, 0.3) is 0 Å². The van der Waals surface area contributed by atoms with Crippen molar-refractivity contribution in [1.29, 1.82) is 0 Å². The summed E-state index contributed by atoms with van der Waals surface area (Å²) in [5.41, 5.74) is 2.35. The van der Waals surface area contributed by atoms with Crippen LogP contribution in [0, 0.1) is 0 Å². The molecule has 2 nitrogen and oxygen atoms in total. The predicted octanol–water partition coefficient (Wildman–Crippen LogP) is 5.50. The fourth-order valence-corrected chi connectivity index (χ4v) is 3.55. The standard InChI is InChI=1S/C13H5Cl2NOS/c14-10-11-7(5-8-12(10)18-13(15)16-8)6-3-1-2-4-9(6)17-11/h1-5H. The highest BCUT2D eigenvalue weighted by atomic mass is 35.5. The highest BCUT2D eigenvalue weighted by Crippen LogP contribution is 2.41. The fraction of sp³-hybridized carbons (Fsp3) is 0. The lowest BCUT2D eigenvalue weighted by molar-refractivity contribution is 0.669. The topological polar surface area (TPSA) is 26.0 Å². The second-order valence-electron chi connectivity index (χ2n) is 3.98. The van der Waals surface area contributed by atoms with Gasteiger partial charge in [-0.15, -0.1) is 11.3 Å². The summed E-state index contributed by atoms with van der Waals surface area (Å²) in [7, 11) is 0. The molecule has 18 heavy (non-hydrogen) atoms. The first-order valence-electron chi connectivity index (χ1n) is 5.30. The van der Waals surface area contributed by atoms with Gasteiger partial charge in [0.1, 0.15) is 10.6 Å². The molecule has 0 atom stereocenters. The van der Waals surface area contributed by atoms with E-state index in [1.165, 1.54) is 11.3 Å². The lowest BCUT2D eigenvalue weighted by Gasteiger charge is -1.94. The van der Waals surface area contributed by atoms with E-state index in [4.69, 9.17) is 27.6 Å². The van der Waals surface area contributed by atoms with E-state index in [0.717, 1.165) is 26.6 Å². The Morgan fingerprint density at radius 1 is 1.11 bits per heavy atom. The van der Waals surface area contributed by atoms with Gasteiger partial charge in [-0.25, -0.2) is 4.98 Å². The Morgan fingerprint density at radius 3 is 2.83 bits per heavy atom. The zero-order chi connectivity index (χ0) is 12.3. The van der Waals surface area contributed by atoms with E-state index in [0.29, 0.717) is 15.1 Å². The van der Waals surface area contributed by atoms with Gasteiger partial charge in [-0.3, -0.25) is 0 Å². The van der Waals surface area contributed by atoms with Gasteiger partial charge in [0, 0.05) is 10.8 Å². The number of benzene rings is 2. The van der Waals surface area contributed by atoms with Gasteiger partial charge >= 0.3 is 0 Å². The van der Waals surface area contributed by atoms with Crippen molar-refractivity contribution in [2.45, 2.75) is 0 Å². The Bertz CT molecular complexity index is 909. The van der Waals surface area contributed by atoms with E-state index in [2.05, 4.69) is 4.98 Å². The van der Waals surface area contributed by atoms with Gasteiger partial charge in [0.15, 0.2) is 10.0 Å². The largest absolute Gasteiger partial charge is 0.454 e. The summed E-state index contributed by atoms with van der Waals surface area (Å²) in [6, 6.07) is 9.84. The minimum atomic E-state index is 0.490. The average Bonchev–Trinajstić information content (AvgIpc) is 2.91. The molecule has 0 spiro atoms. The monoisotopic (exact) mass is 293 g/mol. The molecule has 0 bridgehead atoms. The second kappa shape index (κ2) is 3.60. The average molecular weight is 294 g/mol. The third-order valence-corrected chi connectivity index (χ3v) is 4.61.